The maximum absolute atomic E-state index is 10.7. The van der Waals surface area contributed by atoms with Crippen LogP contribution < -0.4 is 0 Å². The number of rotatable bonds is 6. The van der Waals surface area contributed by atoms with Crippen molar-refractivity contribution in [3.8, 4) is 6.07 Å². The molecule has 2 nitrogen and oxygen atoms in total. The van der Waals surface area contributed by atoms with Crippen LogP contribution in [0.5, 0.6) is 0 Å². The van der Waals surface area contributed by atoms with Gasteiger partial charge in [-0.2, -0.15) is 5.26 Å². The Morgan fingerprint density at radius 3 is 2.61 bits per heavy atom. The number of nitrogens with zero attached hydrogens (tertiary/aromatic N) is 1. The maximum atomic E-state index is 10.7. The lowest BCUT2D eigenvalue weighted by molar-refractivity contribution is -0.108. The van der Waals surface area contributed by atoms with E-state index in [4.69, 9.17) is 0 Å². The fraction of sp³-hybridized carbons (Fsp3) is 0.467. The monoisotopic (exact) mass is 261 g/mol. The Bertz CT molecular complexity index is 450. The van der Waals surface area contributed by atoms with Crippen molar-refractivity contribution >= 4 is 18.0 Å². The van der Waals surface area contributed by atoms with Gasteiger partial charge in [-0.3, -0.25) is 0 Å². The molecular weight excluding hydrogens is 242 g/mol. The Labute approximate surface area is 113 Å². The molecule has 0 aliphatic heterocycles. The number of nitriles is 1. The molecule has 0 saturated carbocycles. The van der Waals surface area contributed by atoms with E-state index in [1.54, 1.807) is 11.8 Å². The quantitative estimate of drug-likeness (QED) is 0.577. The van der Waals surface area contributed by atoms with Gasteiger partial charge in [0.2, 0.25) is 0 Å². The normalized spacial score (nSPS) is 13.9. The predicted octanol–water partition coefficient (Wildman–Crippen LogP) is 3.80. The van der Waals surface area contributed by atoms with Gasteiger partial charge in [-0.15, -0.1) is 11.8 Å². The number of aldehydes is 1. The Kier molecular flexibility index (Phi) is 5.43. The lowest BCUT2D eigenvalue weighted by Crippen LogP contribution is -2.31. The maximum Gasteiger partial charge on any atom is 0.120 e. The van der Waals surface area contributed by atoms with Crippen LogP contribution in [0.2, 0.25) is 0 Å². The van der Waals surface area contributed by atoms with Crippen molar-refractivity contribution in [2.45, 2.75) is 37.0 Å². The Hall–Kier alpha value is -1.27. The zero-order chi connectivity index (χ0) is 13.6. The van der Waals surface area contributed by atoms with Crippen LogP contribution in [0.3, 0.4) is 0 Å². The summed E-state index contributed by atoms with van der Waals surface area (Å²) >= 11 is 1.65. The SMILES string of the molecule is CSc1ccccc1C(C#N)(CCC=O)C(C)C. The second-order valence-electron chi connectivity index (χ2n) is 4.64. The van der Waals surface area contributed by atoms with Crippen LogP contribution >= 0.6 is 11.8 Å². The van der Waals surface area contributed by atoms with Gasteiger partial charge in [0.15, 0.2) is 0 Å². The number of carbonyl (C=O) groups excluding carboxylic acids is 1. The molecule has 1 unspecified atom stereocenters. The molecule has 0 heterocycles. The van der Waals surface area contributed by atoms with Gasteiger partial charge in [-0.25, -0.2) is 0 Å². The molecule has 1 aromatic carbocycles. The van der Waals surface area contributed by atoms with Crippen LogP contribution in [0.25, 0.3) is 0 Å². The molecule has 96 valence electrons. The zero-order valence-corrected chi connectivity index (χ0v) is 12.0. The van der Waals surface area contributed by atoms with Crippen molar-refractivity contribution in [2.24, 2.45) is 5.92 Å². The average molecular weight is 261 g/mol. The van der Waals surface area contributed by atoms with Gasteiger partial charge in [0.1, 0.15) is 6.29 Å². The van der Waals surface area contributed by atoms with Crippen molar-refractivity contribution in [1.29, 1.82) is 5.26 Å². The fourth-order valence-electron chi connectivity index (χ4n) is 2.28. The second kappa shape index (κ2) is 6.61. The highest BCUT2D eigenvalue weighted by atomic mass is 32.2. The summed E-state index contributed by atoms with van der Waals surface area (Å²) in [6.45, 7) is 4.09. The molecule has 0 aliphatic rings. The number of benzene rings is 1. The van der Waals surface area contributed by atoms with Crippen molar-refractivity contribution in [2.75, 3.05) is 6.26 Å². The predicted molar refractivity (Wildman–Crippen MR) is 75.7 cm³/mol. The molecule has 0 aliphatic carbocycles. The van der Waals surface area contributed by atoms with Gasteiger partial charge in [0.25, 0.3) is 0 Å². The summed E-state index contributed by atoms with van der Waals surface area (Å²) in [5.41, 5.74) is 0.484. The van der Waals surface area contributed by atoms with Crippen LogP contribution in [0.15, 0.2) is 29.2 Å². The summed E-state index contributed by atoms with van der Waals surface area (Å²) in [4.78, 5) is 11.8. The summed E-state index contributed by atoms with van der Waals surface area (Å²) in [7, 11) is 0. The van der Waals surface area contributed by atoms with E-state index in [0.29, 0.717) is 12.8 Å². The van der Waals surface area contributed by atoms with Crippen LogP contribution in [0, 0.1) is 17.2 Å². The number of hydrogen-bond donors (Lipinski definition) is 0. The van der Waals surface area contributed by atoms with Crippen LogP contribution in [-0.2, 0) is 10.2 Å². The Balaban J connectivity index is 3.33. The van der Waals surface area contributed by atoms with Gasteiger partial charge in [0, 0.05) is 11.3 Å². The molecule has 18 heavy (non-hydrogen) atoms. The van der Waals surface area contributed by atoms with Crippen LogP contribution in [0.4, 0.5) is 0 Å². The molecule has 0 saturated heterocycles. The smallest absolute Gasteiger partial charge is 0.120 e. The van der Waals surface area contributed by atoms with Gasteiger partial charge in [0.05, 0.1) is 11.5 Å². The first-order valence-corrected chi connectivity index (χ1v) is 7.33. The molecule has 1 aromatic rings. The molecule has 1 rings (SSSR count). The van der Waals surface area contributed by atoms with E-state index in [9.17, 15) is 10.1 Å². The lowest BCUT2D eigenvalue weighted by atomic mass is 9.70. The summed E-state index contributed by atoms with van der Waals surface area (Å²) in [6.07, 6.45) is 3.92. The molecule has 0 bridgehead atoms. The summed E-state index contributed by atoms with van der Waals surface area (Å²) in [5, 5.41) is 9.67. The summed E-state index contributed by atoms with van der Waals surface area (Å²) < 4.78 is 0. The molecule has 1 atom stereocenters. The van der Waals surface area contributed by atoms with E-state index in [-0.39, 0.29) is 5.92 Å². The first kappa shape index (κ1) is 14.8. The topological polar surface area (TPSA) is 40.9 Å². The van der Waals surface area contributed by atoms with E-state index in [2.05, 4.69) is 6.07 Å². The molecule has 0 amide bonds. The minimum absolute atomic E-state index is 0.177. The van der Waals surface area contributed by atoms with E-state index < -0.39 is 5.41 Å². The summed E-state index contributed by atoms with van der Waals surface area (Å²) in [5.74, 6) is 0.177. The standard InChI is InChI=1S/C15H19NOS/c1-12(2)15(11-16,9-6-10-17)13-7-4-5-8-14(13)18-3/h4-5,7-8,10,12H,6,9H2,1-3H3. The van der Waals surface area contributed by atoms with Gasteiger partial charge in [-0.05, 0) is 30.2 Å². The van der Waals surface area contributed by atoms with Crippen LogP contribution in [0.1, 0.15) is 32.3 Å². The third kappa shape index (κ3) is 2.76. The van der Waals surface area contributed by atoms with E-state index in [1.165, 1.54) is 0 Å². The Morgan fingerprint density at radius 1 is 1.44 bits per heavy atom. The Morgan fingerprint density at radius 2 is 2.11 bits per heavy atom. The summed E-state index contributed by atoms with van der Waals surface area (Å²) in [6, 6.07) is 10.5. The first-order valence-electron chi connectivity index (χ1n) is 6.10. The third-order valence-electron chi connectivity index (χ3n) is 3.43. The van der Waals surface area contributed by atoms with Crippen molar-refractivity contribution in [3.63, 3.8) is 0 Å². The van der Waals surface area contributed by atoms with Gasteiger partial charge >= 0.3 is 0 Å². The van der Waals surface area contributed by atoms with Crippen molar-refractivity contribution in [1.82, 2.24) is 0 Å². The van der Waals surface area contributed by atoms with E-state index in [1.807, 2.05) is 44.4 Å². The molecular formula is C15H19NOS. The largest absolute Gasteiger partial charge is 0.303 e. The second-order valence-corrected chi connectivity index (χ2v) is 5.49. The number of carbonyl (C=O) groups is 1. The molecule has 0 aromatic heterocycles. The van der Waals surface area contributed by atoms with Gasteiger partial charge < -0.3 is 4.79 Å². The molecule has 3 heteroatoms. The number of thioether (sulfide) groups is 1. The van der Waals surface area contributed by atoms with E-state index in [0.717, 1.165) is 16.7 Å². The van der Waals surface area contributed by atoms with Gasteiger partial charge in [-0.1, -0.05) is 32.0 Å². The first-order chi connectivity index (χ1) is 8.62. The van der Waals surface area contributed by atoms with E-state index >= 15 is 0 Å². The van der Waals surface area contributed by atoms with Crippen LogP contribution in [-0.4, -0.2) is 12.5 Å². The van der Waals surface area contributed by atoms with Crippen molar-refractivity contribution < 1.29 is 4.79 Å². The molecule has 0 N–H and O–H groups in total. The molecule has 0 fully saturated rings. The highest BCUT2D eigenvalue weighted by Gasteiger charge is 2.37. The minimum atomic E-state index is -0.569. The minimum Gasteiger partial charge on any atom is -0.303 e. The zero-order valence-electron chi connectivity index (χ0n) is 11.1. The molecule has 0 radical (unpaired) electrons. The lowest BCUT2D eigenvalue weighted by Gasteiger charge is -2.32. The highest BCUT2D eigenvalue weighted by molar-refractivity contribution is 7.98. The molecule has 0 spiro atoms. The third-order valence-corrected chi connectivity index (χ3v) is 4.23. The number of hydrogen-bond acceptors (Lipinski definition) is 3. The average Bonchev–Trinajstić information content (AvgIpc) is 2.40. The van der Waals surface area contributed by atoms with Crippen molar-refractivity contribution in [3.05, 3.63) is 29.8 Å². The highest BCUT2D eigenvalue weighted by Crippen LogP contribution is 2.40. The fourth-order valence-corrected chi connectivity index (χ4v) is 2.96.